The van der Waals surface area contributed by atoms with Crippen LogP contribution in [0.3, 0.4) is 0 Å². The zero-order valence-corrected chi connectivity index (χ0v) is 11.3. The molecule has 1 unspecified atom stereocenters. The molecule has 1 N–H and O–H groups in total. The van der Waals surface area contributed by atoms with Crippen LogP contribution in [0.15, 0.2) is 34.5 Å². The molecule has 0 aliphatic carbocycles. The predicted octanol–water partition coefficient (Wildman–Crippen LogP) is 1.32. The van der Waals surface area contributed by atoms with Crippen LogP contribution in [0.5, 0.6) is 0 Å². The highest BCUT2D eigenvalue weighted by Gasteiger charge is 2.25. The van der Waals surface area contributed by atoms with Gasteiger partial charge in [0, 0.05) is 26.5 Å². The van der Waals surface area contributed by atoms with Gasteiger partial charge in [-0.1, -0.05) is 12.1 Å². The summed E-state index contributed by atoms with van der Waals surface area (Å²) in [5, 5.41) is 18.3. The van der Waals surface area contributed by atoms with Gasteiger partial charge in [-0.3, -0.25) is 4.79 Å². The number of amides is 1. The highest BCUT2D eigenvalue weighted by atomic mass is 16.3. The largest absolute Gasteiger partial charge is 0.391 e. The van der Waals surface area contributed by atoms with Crippen LogP contribution in [0, 0.1) is 0 Å². The van der Waals surface area contributed by atoms with E-state index in [2.05, 4.69) is 23.6 Å². The molecular weight excluding hydrogens is 256 g/mol. The number of carbonyl (C=O) groups excluding carboxylic acids is 1. The fraction of sp³-hybridized carbons (Fsp3) is 0.357. The van der Waals surface area contributed by atoms with Crippen molar-refractivity contribution in [3.63, 3.8) is 0 Å². The van der Waals surface area contributed by atoms with Crippen LogP contribution in [0.2, 0.25) is 0 Å². The number of rotatable bonds is 4. The number of para-hydroxylation sites is 1. The van der Waals surface area contributed by atoms with E-state index in [4.69, 9.17) is 0 Å². The standard InChI is InChI=1S/C14H18N4O2/c1-15-18(16-2)13-8-4-3-7-12(13)14(20)17-9-5-6-11(19)10-17/h3-4,7-8,11,19H,1-2,5-6,9-10H2. The minimum absolute atomic E-state index is 0.142. The molecule has 106 valence electrons. The van der Waals surface area contributed by atoms with E-state index in [1.165, 1.54) is 5.12 Å². The molecule has 1 aromatic rings. The molecule has 0 bridgehead atoms. The van der Waals surface area contributed by atoms with Crippen molar-refractivity contribution >= 4 is 25.0 Å². The Morgan fingerprint density at radius 2 is 2.05 bits per heavy atom. The van der Waals surface area contributed by atoms with Gasteiger partial charge in [0.25, 0.3) is 5.91 Å². The highest BCUT2D eigenvalue weighted by Crippen LogP contribution is 2.24. The second-order valence-corrected chi connectivity index (χ2v) is 4.64. The maximum Gasteiger partial charge on any atom is 0.256 e. The Bertz CT molecular complexity index is 510. The maximum atomic E-state index is 12.6. The lowest BCUT2D eigenvalue weighted by Crippen LogP contribution is -2.42. The summed E-state index contributed by atoms with van der Waals surface area (Å²) in [6.07, 6.45) is 1.09. The van der Waals surface area contributed by atoms with Gasteiger partial charge in [0.1, 0.15) is 0 Å². The summed E-state index contributed by atoms with van der Waals surface area (Å²) >= 11 is 0. The molecule has 6 nitrogen and oxygen atoms in total. The monoisotopic (exact) mass is 274 g/mol. The Hall–Kier alpha value is -2.21. The molecule has 1 aliphatic rings. The van der Waals surface area contributed by atoms with Gasteiger partial charge in [0.2, 0.25) is 0 Å². The normalized spacial score (nSPS) is 18.4. The summed E-state index contributed by atoms with van der Waals surface area (Å²) in [6.45, 7) is 7.82. The van der Waals surface area contributed by atoms with Crippen molar-refractivity contribution in [2.45, 2.75) is 18.9 Å². The van der Waals surface area contributed by atoms with Gasteiger partial charge < -0.3 is 10.0 Å². The zero-order valence-electron chi connectivity index (χ0n) is 11.3. The highest BCUT2D eigenvalue weighted by molar-refractivity contribution is 5.99. The summed E-state index contributed by atoms with van der Waals surface area (Å²) in [7, 11) is 0. The van der Waals surface area contributed by atoms with Gasteiger partial charge in [-0.05, 0) is 25.0 Å². The van der Waals surface area contributed by atoms with Crippen molar-refractivity contribution in [3.05, 3.63) is 29.8 Å². The lowest BCUT2D eigenvalue weighted by Gasteiger charge is -2.31. The van der Waals surface area contributed by atoms with E-state index in [0.29, 0.717) is 24.3 Å². The summed E-state index contributed by atoms with van der Waals surface area (Å²) in [5.41, 5.74) is 1.00. The smallest absolute Gasteiger partial charge is 0.256 e. The van der Waals surface area contributed by atoms with Gasteiger partial charge in [-0.25, -0.2) is 0 Å². The van der Waals surface area contributed by atoms with E-state index in [-0.39, 0.29) is 5.91 Å². The number of anilines is 1. The first-order valence-corrected chi connectivity index (χ1v) is 6.47. The molecule has 0 saturated carbocycles. The third kappa shape index (κ3) is 2.85. The van der Waals surface area contributed by atoms with Gasteiger partial charge in [-0.15, -0.1) is 0 Å². The number of hydrazone groups is 2. The second kappa shape index (κ2) is 6.29. The second-order valence-electron chi connectivity index (χ2n) is 4.64. The number of aliphatic hydroxyl groups excluding tert-OH is 1. The van der Waals surface area contributed by atoms with E-state index in [1.807, 2.05) is 0 Å². The number of likely N-dealkylation sites (tertiary alicyclic amines) is 1. The Balaban J connectivity index is 2.29. The van der Waals surface area contributed by atoms with Gasteiger partial charge in [0.05, 0.1) is 17.4 Å². The topological polar surface area (TPSA) is 68.5 Å². The molecule has 1 saturated heterocycles. The third-order valence-electron chi connectivity index (χ3n) is 3.30. The lowest BCUT2D eigenvalue weighted by atomic mass is 10.1. The Labute approximate surface area is 118 Å². The summed E-state index contributed by atoms with van der Waals surface area (Å²) in [4.78, 5) is 14.2. The average molecular weight is 274 g/mol. The average Bonchev–Trinajstić information content (AvgIpc) is 2.48. The molecule has 1 fully saturated rings. The van der Waals surface area contributed by atoms with Crippen molar-refractivity contribution < 1.29 is 9.90 Å². The molecule has 1 aromatic carbocycles. The molecule has 0 radical (unpaired) electrons. The summed E-state index contributed by atoms with van der Waals surface area (Å²) in [5.74, 6) is -0.142. The van der Waals surface area contributed by atoms with Crippen LogP contribution in [0.4, 0.5) is 5.69 Å². The van der Waals surface area contributed by atoms with Gasteiger partial charge in [0.15, 0.2) is 0 Å². The number of aliphatic hydroxyl groups is 1. The van der Waals surface area contributed by atoms with E-state index < -0.39 is 6.10 Å². The number of carbonyl (C=O) groups is 1. The first kappa shape index (κ1) is 14.2. The van der Waals surface area contributed by atoms with Crippen molar-refractivity contribution in [1.29, 1.82) is 0 Å². The summed E-state index contributed by atoms with van der Waals surface area (Å²) in [6, 6.07) is 7.01. The molecule has 1 aliphatic heterocycles. The fourth-order valence-electron chi connectivity index (χ4n) is 2.34. The number of benzene rings is 1. The first-order chi connectivity index (χ1) is 9.67. The Morgan fingerprint density at radius 1 is 1.35 bits per heavy atom. The van der Waals surface area contributed by atoms with Crippen LogP contribution >= 0.6 is 0 Å². The molecule has 2 rings (SSSR count). The van der Waals surface area contributed by atoms with Crippen LogP contribution in [0.1, 0.15) is 23.2 Å². The van der Waals surface area contributed by atoms with Crippen molar-refractivity contribution in [1.82, 2.24) is 4.90 Å². The number of β-amino-alcohol motifs (C(OH)–C–C–N with tert-alkyl or cyclic N) is 1. The number of piperidine rings is 1. The molecule has 1 heterocycles. The third-order valence-corrected chi connectivity index (χ3v) is 3.30. The van der Waals surface area contributed by atoms with Crippen molar-refractivity contribution in [2.24, 2.45) is 10.2 Å². The molecule has 20 heavy (non-hydrogen) atoms. The minimum Gasteiger partial charge on any atom is -0.391 e. The van der Waals surface area contributed by atoms with E-state index >= 15 is 0 Å². The van der Waals surface area contributed by atoms with Gasteiger partial charge in [-0.2, -0.15) is 15.3 Å². The fourth-order valence-corrected chi connectivity index (χ4v) is 2.34. The van der Waals surface area contributed by atoms with Crippen LogP contribution < -0.4 is 5.12 Å². The van der Waals surface area contributed by atoms with E-state index in [1.54, 1.807) is 29.2 Å². The number of nitrogens with zero attached hydrogens (tertiary/aromatic N) is 4. The van der Waals surface area contributed by atoms with Gasteiger partial charge >= 0.3 is 0 Å². The number of hydrogen-bond acceptors (Lipinski definition) is 5. The van der Waals surface area contributed by atoms with Crippen molar-refractivity contribution in [2.75, 3.05) is 18.2 Å². The Kier molecular flexibility index (Phi) is 4.47. The molecule has 1 amide bonds. The minimum atomic E-state index is -0.453. The SMILES string of the molecule is C=NN(N=C)c1ccccc1C(=O)N1CCCC(O)C1. The molecule has 0 spiro atoms. The van der Waals surface area contributed by atoms with E-state index in [9.17, 15) is 9.90 Å². The molecule has 6 heteroatoms. The molecule has 1 atom stereocenters. The maximum absolute atomic E-state index is 12.6. The zero-order chi connectivity index (χ0) is 14.5. The summed E-state index contributed by atoms with van der Waals surface area (Å²) < 4.78 is 0. The van der Waals surface area contributed by atoms with Crippen LogP contribution in [0.25, 0.3) is 0 Å². The predicted molar refractivity (Wildman–Crippen MR) is 79.2 cm³/mol. The first-order valence-electron chi connectivity index (χ1n) is 6.47. The molecule has 0 aromatic heterocycles. The van der Waals surface area contributed by atoms with Crippen LogP contribution in [-0.2, 0) is 0 Å². The Morgan fingerprint density at radius 3 is 2.70 bits per heavy atom. The van der Waals surface area contributed by atoms with E-state index in [0.717, 1.165) is 12.8 Å². The quantitative estimate of drug-likeness (QED) is 0.665. The molecular formula is C14H18N4O2. The number of hydrogen-bond donors (Lipinski definition) is 1. The lowest BCUT2D eigenvalue weighted by molar-refractivity contribution is 0.0474. The van der Waals surface area contributed by atoms with Crippen molar-refractivity contribution in [3.8, 4) is 0 Å². The van der Waals surface area contributed by atoms with Crippen LogP contribution in [-0.4, -0.2) is 48.5 Å².